The second-order valence-corrected chi connectivity index (χ2v) is 10.2. The van der Waals surface area contributed by atoms with Crippen molar-refractivity contribution in [3.63, 3.8) is 0 Å². The third-order valence-electron chi connectivity index (χ3n) is 6.14. The summed E-state index contributed by atoms with van der Waals surface area (Å²) in [6.45, 7) is 3.07. The first kappa shape index (κ1) is 21.1. The molecule has 0 bridgehead atoms. The first-order valence-corrected chi connectivity index (χ1v) is 11.6. The normalized spacial score (nSPS) is 28.1. The van der Waals surface area contributed by atoms with Gasteiger partial charge in [-0.25, -0.2) is 4.68 Å². The average molecular weight is 461 g/mol. The number of aliphatic hydroxyl groups excluding tert-OH is 2. The number of thiophene rings is 1. The van der Waals surface area contributed by atoms with Gasteiger partial charge in [0.05, 0.1) is 42.0 Å². The van der Waals surface area contributed by atoms with Gasteiger partial charge in [-0.15, -0.1) is 16.4 Å². The fraction of sp³-hybridized carbons (Fsp3) is 0.455. The zero-order chi connectivity index (χ0) is 21.6. The molecule has 2 aliphatic heterocycles. The molecule has 9 heteroatoms. The monoisotopic (exact) mass is 460 g/mol. The van der Waals surface area contributed by atoms with Crippen LogP contribution >= 0.6 is 22.9 Å². The third-order valence-corrected chi connectivity index (χ3v) is 7.61. The predicted octanol–water partition coefficient (Wildman–Crippen LogP) is 3.31. The maximum absolute atomic E-state index is 10.4. The molecule has 0 amide bonds. The van der Waals surface area contributed by atoms with Crippen LogP contribution in [0.2, 0.25) is 4.34 Å². The van der Waals surface area contributed by atoms with E-state index in [1.54, 1.807) is 0 Å². The first-order valence-electron chi connectivity index (χ1n) is 10.4. The second-order valence-electron chi connectivity index (χ2n) is 8.50. The molecule has 1 fully saturated rings. The largest absolute Gasteiger partial charge is 0.392 e. The van der Waals surface area contributed by atoms with Crippen LogP contribution in [0.15, 0.2) is 36.5 Å². The molecule has 4 atom stereocenters. The lowest BCUT2D eigenvalue weighted by Crippen LogP contribution is -2.50. The number of hydrogen-bond donors (Lipinski definition) is 3. The Hall–Kier alpha value is -1.81. The van der Waals surface area contributed by atoms with Crippen LogP contribution in [0.1, 0.15) is 59.2 Å². The highest BCUT2D eigenvalue weighted by atomic mass is 35.5. The number of aromatic nitrogens is 3. The van der Waals surface area contributed by atoms with Crippen molar-refractivity contribution in [1.29, 1.82) is 0 Å². The molecule has 5 rings (SSSR count). The zero-order valence-electron chi connectivity index (χ0n) is 17.2. The van der Waals surface area contributed by atoms with E-state index >= 15 is 0 Å². The van der Waals surface area contributed by atoms with Crippen LogP contribution in [0.3, 0.4) is 0 Å². The Morgan fingerprint density at radius 3 is 2.84 bits per heavy atom. The van der Waals surface area contributed by atoms with Gasteiger partial charge in [0, 0.05) is 22.9 Å². The molecule has 0 radical (unpaired) electrons. The van der Waals surface area contributed by atoms with Crippen molar-refractivity contribution in [3.05, 3.63) is 68.1 Å². The molecule has 1 aromatic carbocycles. The fourth-order valence-corrected chi connectivity index (χ4v) is 6.17. The van der Waals surface area contributed by atoms with Crippen molar-refractivity contribution in [1.82, 2.24) is 20.3 Å². The lowest BCUT2D eigenvalue weighted by atomic mass is 9.79. The maximum atomic E-state index is 10.4. The topological polar surface area (TPSA) is 92.4 Å². The van der Waals surface area contributed by atoms with E-state index < -0.39 is 11.7 Å². The van der Waals surface area contributed by atoms with Gasteiger partial charge in [0.25, 0.3) is 0 Å². The van der Waals surface area contributed by atoms with Crippen molar-refractivity contribution in [3.8, 4) is 0 Å². The number of rotatable bonds is 4. The molecule has 4 unspecified atom stereocenters. The number of benzene rings is 1. The Bertz CT molecular complexity index is 1070. The summed E-state index contributed by atoms with van der Waals surface area (Å²) in [5.41, 5.74) is 3.27. The number of ether oxygens (including phenoxy) is 1. The number of halogens is 1. The minimum Gasteiger partial charge on any atom is -0.392 e. The van der Waals surface area contributed by atoms with E-state index in [4.69, 9.17) is 16.3 Å². The van der Waals surface area contributed by atoms with E-state index in [-0.39, 0.29) is 25.3 Å². The molecular weight excluding hydrogens is 436 g/mol. The van der Waals surface area contributed by atoms with Crippen LogP contribution in [-0.4, -0.2) is 37.9 Å². The Kier molecular flexibility index (Phi) is 5.62. The molecule has 164 valence electrons. The van der Waals surface area contributed by atoms with Gasteiger partial charge in [0.15, 0.2) is 0 Å². The summed E-state index contributed by atoms with van der Waals surface area (Å²) in [4.78, 5) is 1.03. The van der Waals surface area contributed by atoms with Crippen molar-refractivity contribution in [2.75, 3.05) is 6.61 Å². The van der Waals surface area contributed by atoms with Crippen LogP contribution in [0.5, 0.6) is 0 Å². The van der Waals surface area contributed by atoms with Gasteiger partial charge in [-0.3, -0.25) is 0 Å². The molecule has 3 aromatic rings. The number of fused-ring (bicyclic) bond motifs is 2. The van der Waals surface area contributed by atoms with Gasteiger partial charge in [-0.1, -0.05) is 41.1 Å². The fourth-order valence-electron chi connectivity index (χ4n) is 4.72. The van der Waals surface area contributed by atoms with E-state index in [2.05, 4.69) is 22.6 Å². The maximum Gasteiger partial charge on any atom is 0.106 e. The quantitative estimate of drug-likeness (QED) is 0.553. The Morgan fingerprint density at radius 2 is 2.06 bits per heavy atom. The van der Waals surface area contributed by atoms with Gasteiger partial charge in [-0.2, -0.15) is 0 Å². The molecule has 3 N–H and O–H groups in total. The first-order chi connectivity index (χ1) is 15.0. The highest BCUT2D eigenvalue weighted by molar-refractivity contribution is 7.16. The summed E-state index contributed by atoms with van der Waals surface area (Å²) in [6.07, 6.45) is 2.86. The van der Waals surface area contributed by atoms with Gasteiger partial charge in [0.2, 0.25) is 0 Å². The summed E-state index contributed by atoms with van der Waals surface area (Å²) in [7, 11) is 0. The van der Waals surface area contributed by atoms with Crippen molar-refractivity contribution in [2.45, 2.75) is 56.7 Å². The minimum absolute atomic E-state index is 0.0155. The Balaban J connectivity index is 1.38. The highest BCUT2D eigenvalue weighted by Crippen LogP contribution is 2.51. The van der Waals surface area contributed by atoms with Crippen molar-refractivity contribution < 1.29 is 14.9 Å². The summed E-state index contributed by atoms with van der Waals surface area (Å²) < 4.78 is 8.80. The molecule has 0 aliphatic carbocycles. The van der Waals surface area contributed by atoms with E-state index in [1.807, 2.05) is 41.2 Å². The SMILES string of the molecule is CC1CC2(CC(c3cn(Cc4ccc(CO)cc4)nn3)N1)OCC(O)c1cc(Cl)sc12. The van der Waals surface area contributed by atoms with Gasteiger partial charge in [0.1, 0.15) is 11.7 Å². The molecule has 2 aliphatic rings. The summed E-state index contributed by atoms with van der Waals surface area (Å²) in [5.74, 6) is 0. The van der Waals surface area contributed by atoms with Gasteiger partial charge < -0.3 is 20.3 Å². The summed E-state index contributed by atoms with van der Waals surface area (Å²) >= 11 is 7.81. The highest BCUT2D eigenvalue weighted by Gasteiger charge is 2.48. The summed E-state index contributed by atoms with van der Waals surface area (Å²) in [6, 6.07) is 9.88. The molecular formula is C22H25ClN4O3S. The number of hydrogen-bond acceptors (Lipinski definition) is 7. The predicted molar refractivity (Wildman–Crippen MR) is 118 cm³/mol. The number of nitrogens with one attached hydrogen (secondary N) is 1. The van der Waals surface area contributed by atoms with Crippen LogP contribution < -0.4 is 5.32 Å². The van der Waals surface area contributed by atoms with Crippen LogP contribution in [0.4, 0.5) is 0 Å². The molecule has 0 saturated carbocycles. The van der Waals surface area contributed by atoms with E-state index in [0.717, 1.165) is 33.7 Å². The van der Waals surface area contributed by atoms with E-state index in [1.165, 1.54) is 11.3 Å². The van der Waals surface area contributed by atoms with Crippen LogP contribution in [-0.2, 0) is 23.5 Å². The molecule has 2 aromatic heterocycles. The molecule has 7 nitrogen and oxygen atoms in total. The van der Waals surface area contributed by atoms with E-state index in [0.29, 0.717) is 17.3 Å². The van der Waals surface area contributed by atoms with Gasteiger partial charge in [-0.05, 0) is 30.5 Å². The lowest BCUT2D eigenvalue weighted by molar-refractivity contribution is -0.129. The molecule has 1 saturated heterocycles. The average Bonchev–Trinajstić information content (AvgIpc) is 3.39. The number of aliphatic hydroxyl groups is 2. The van der Waals surface area contributed by atoms with Crippen molar-refractivity contribution >= 4 is 22.9 Å². The lowest BCUT2D eigenvalue weighted by Gasteiger charge is -2.46. The van der Waals surface area contributed by atoms with E-state index in [9.17, 15) is 10.2 Å². The van der Waals surface area contributed by atoms with Gasteiger partial charge >= 0.3 is 0 Å². The smallest absolute Gasteiger partial charge is 0.106 e. The molecule has 4 heterocycles. The Morgan fingerprint density at radius 1 is 1.29 bits per heavy atom. The van der Waals surface area contributed by atoms with Crippen molar-refractivity contribution in [2.24, 2.45) is 0 Å². The van der Waals surface area contributed by atoms with Crippen LogP contribution in [0, 0.1) is 0 Å². The van der Waals surface area contributed by atoms with Crippen LogP contribution in [0.25, 0.3) is 0 Å². The minimum atomic E-state index is -0.633. The molecule has 31 heavy (non-hydrogen) atoms. The second kappa shape index (κ2) is 8.27. The third kappa shape index (κ3) is 4.04. The summed E-state index contributed by atoms with van der Waals surface area (Å²) in [5, 5.41) is 32.0. The standard InChI is InChI=1S/C22H25ClN4O3S/c1-13-7-22(21-16(6-20(23)31-21)19(29)12-30-22)8-17(24-13)18-10-27(26-25-18)9-14-2-4-15(11-28)5-3-14/h2-6,10,13,17,19,24,28-29H,7-9,11-12H2,1H3. The zero-order valence-corrected chi connectivity index (χ0v) is 18.7. The Labute approximate surface area is 189 Å². The number of nitrogens with zero attached hydrogens (tertiary/aromatic N) is 3. The molecule has 1 spiro atoms. The number of piperidine rings is 1.